The SMILES string of the molecule is C[C@@H]1CN(C(=O)COC(=O)c2cc3ccccc3oc2=O)C[C@H](C)O1. The summed E-state index contributed by atoms with van der Waals surface area (Å²) in [5, 5.41) is 0.608. The lowest BCUT2D eigenvalue weighted by Crippen LogP contribution is -2.49. The maximum absolute atomic E-state index is 12.2. The summed E-state index contributed by atoms with van der Waals surface area (Å²) < 4.78 is 15.7. The summed E-state index contributed by atoms with van der Waals surface area (Å²) in [5.74, 6) is -1.19. The first-order chi connectivity index (χ1) is 11.9. The molecule has 7 nitrogen and oxygen atoms in total. The average Bonchev–Trinajstić information content (AvgIpc) is 2.57. The van der Waals surface area contributed by atoms with Crippen molar-refractivity contribution in [3.8, 4) is 0 Å². The first-order valence-electron chi connectivity index (χ1n) is 8.07. The molecule has 25 heavy (non-hydrogen) atoms. The lowest BCUT2D eigenvalue weighted by Gasteiger charge is -2.35. The molecule has 1 aromatic heterocycles. The first kappa shape index (κ1) is 17.2. The number of carbonyl (C=O) groups excluding carboxylic acids is 2. The van der Waals surface area contributed by atoms with E-state index in [1.807, 2.05) is 13.8 Å². The maximum atomic E-state index is 12.2. The van der Waals surface area contributed by atoms with E-state index in [2.05, 4.69) is 0 Å². The number of ether oxygens (including phenoxy) is 2. The fourth-order valence-electron chi connectivity index (χ4n) is 2.88. The highest BCUT2D eigenvalue weighted by Crippen LogP contribution is 2.14. The monoisotopic (exact) mass is 345 g/mol. The van der Waals surface area contributed by atoms with Crippen molar-refractivity contribution in [2.75, 3.05) is 19.7 Å². The third-order valence-electron chi connectivity index (χ3n) is 3.96. The van der Waals surface area contributed by atoms with Gasteiger partial charge >= 0.3 is 11.6 Å². The smallest absolute Gasteiger partial charge is 0.351 e. The predicted molar refractivity (Wildman–Crippen MR) is 89.4 cm³/mol. The molecular formula is C18H19NO6. The Bertz CT molecular complexity index is 848. The summed E-state index contributed by atoms with van der Waals surface area (Å²) in [4.78, 5) is 37.9. The molecule has 3 rings (SSSR count). The van der Waals surface area contributed by atoms with Gasteiger partial charge in [-0.25, -0.2) is 9.59 Å². The van der Waals surface area contributed by atoms with Gasteiger partial charge in [0.1, 0.15) is 11.1 Å². The molecule has 0 bridgehead atoms. The number of rotatable bonds is 3. The number of morpholine rings is 1. The van der Waals surface area contributed by atoms with E-state index in [1.54, 1.807) is 29.2 Å². The normalized spacial score (nSPS) is 20.5. The number of fused-ring (bicyclic) bond motifs is 1. The first-order valence-corrected chi connectivity index (χ1v) is 8.07. The molecule has 7 heteroatoms. The van der Waals surface area contributed by atoms with E-state index in [-0.39, 0.29) is 23.7 Å². The molecule has 0 spiro atoms. The van der Waals surface area contributed by atoms with Crippen LogP contribution in [0.3, 0.4) is 0 Å². The number of esters is 1. The van der Waals surface area contributed by atoms with E-state index in [4.69, 9.17) is 13.9 Å². The lowest BCUT2D eigenvalue weighted by molar-refractivity contribution is -0.146. The van der Waals surface area contributed by atoms with Crippen molar-refractivity contribution >= 4 is 22.8 Å². The predicted octanol–water partition coefficient (Wildman–Crippen LogP) is 1.59. The summed E-state index contributed by atoms with van der Waals surface area (Å²) in [6.45, 7) is 4.21. The highest BCUT2D eigenvalue weighted by atomic mass is 16.5. The van der Waals surface area contributed by atoms with Crippen molar-refractivity contribution in [3.05, 3.63) is 46.3 Å². The Kier molecular flexibility index (Phi) is 4.85. The van der Waals surface area contributed by atoms with E-state index in [1.165, 1.54) is 6.07 Å². The van der Waals surface area contributed by atoms with Crippen LogP contribution in [-0.2, 0) is 14.3 Å². The Morgan fingerprint density at radius 2 is 1.88 bits per heavy atom. The van der Waals surface area contributed by atoms with E-state index >= 15 is 0 Å². The molecule has 1 amide bonds. The molecule has 0 unspecified atom stereocenters. The summed E-state index contributed by atoms with van der Waals surface area (Å²) in [5.41, 5.74) is -0.628. The van der Waals surface area contributed by atoms with Crippen LogP contribution < -0.4 is 5.63 Å². The summed E-state index contributed by atoms with van der Waals surface area (Å²) >= 11 is 0. The van der Waals surface area contributed by atoms with Gasteiger partial charge in [-0.1, -0.05) is 18.2 Å². The second-order valence-corrected chi connectivity index (χ2v) is 6.12. The van der Waals surface area contributed by atoms with Crippen LogP contribution in [0.2, 0.25) is 0 Å². The highest BCUT2D eigenvalue weighted by molar-refractivity contribution is 5.94. The molecule has 1 saturated heterocycles. The van der Waals surface area contributed by atoms with Crippen LogP contribution in [0.5, 0.6) is 0 Å². The average molecular weight is 345 g/mol. The van der Waals surface area contributed by atoms with Gasteiger partial charge in [0.15, 0.2) is 6.61 Å². The fourth-order valence-corrected chi connectivity index (χ4v) is 2.88. The van der Waals surface area contributed by atoms with E-state index in [0.29, 0.717) is 24.1 Å². The van der Waals surface area contributed by atoms with Gasteiger partial charge in [0, 0.05) is 18.5 Å². The quantitative estimate of drug-likeness (QED) is 0.620. The number of para-hydroxylation sites is 1. The van der Waals surface area contributed by atoms with E-state index < -0.39 is 18.2 Å². The molecular weight excluding hydrogens is 326 g/mol. The molecule has 0 N–H and O–H groups in total. The maximum Gasteiger partial charge on any atom is 0.351 e. The number of amides is 1. The molecule has 0 radical (unpaired) electrons. The third kappa shape index (κ3) is 3.88. The van der Waals surface area contributed by atoms with Crippen LogP contribution in [-0.4, -0.2) is 48.7 Å². The van der Waals surface area contributed by atoms with Crippen molar-refractivity contribution < 1.29 is 23.5 Å². The number of hydrogen-bond donors (Lipinski definition) is 0. The molecule has 1 aliphatic rings. The van der Waals surface area contributed by atoms with E-state index in [9.17, 15) is 14.4 Å². The molecule has 0 saturated carbocycles. The van der Waals surface area contributed by atoms with Gasteiger partial charge in [-0.05, 0) is 26.0 Å². The number of carbonyl (C=O) groups is 2. The third-order valence-corrected chi connectivity index (χ3v) is 3.96. The molecule has 1 aromatic carbocycles. The van der Waals surface area contributed by atoms with Crippen LogP contribution in [0.1, 0.15) is 24.2 Å². The molecule has 0 aliphatic carbocycles. The van der Waals surface area contributed by atoms with Gasteiger partial charge < -0.3 is 18.8 Å². The van der Waals surface area contributed by atoms with Crippen molar-refractivity contribution in [3.63, 3.8) is 0 Å². The molecule has 2 heterocycles. The topological polar surface area (TPSA) is 86.0 Å². The highest BCUT2D eigenvalue weighted by Gasteiger charge is 2.27. The van der Waals surface area contributed by atoms with Crippen molar-refractivity contribution in [1.29, 1.82) is 0 Å². The zero-order valence-electron chi connectivity index (χ0n) is 14.1. The largest absolute Gasteiger partial charge is 0.452 e. The van der Waals surface area contributed by atoms with Crippen molar-refractivity contribution in [1.82, 2.24) is 4.90 Å². The van der Waals surface area contributed by atoms with Crippen LogP contribution in [0.15, 0.2) is 39.5 Å². The van der Waals surface area contributed by atoms with Gasteiger partial charge in [0.2, 0.25) is 0 Å². The van der Waals surface area contributed by atoms with Crippen LogP contribution in [0, 0.1) is 0 Å². The van der Waals surface area contributed by atoms with Crippen molar-refractivity contribution in [2.45, 2.75) is 26.1 Å². The Morgan fingerprint density at radius 1 is 1.20 bits per heavy atom. The zero-order valence-corrected chi connectivity index (χ0v) is 14.1. The number of benzene rings is 1. The minimum atomic E-state index is -0.873. The standard InChI is InChI=1S/C18H19NO6/c1-11-8-19(9-12(2)24-11)16(20)10-23-17(21)14-7-13-5-3-4-6-15(13)25-18(14)22/h3-7,11-12H,8-10H2,1-2H3/t11-,12+. The number of nitrogens with zero attached hydrogens (tertiary/aromatic N) is 1. The van der Waals surface area contributed by atoms with Crippen LogP contribution in [0.25, 0.3) is 11.0 Å². The Balaban J connectivity index is 1.67. The molecule has 2 atom stereocenters. The van der Waals surface area contributed by atoms with Crippen molar-refractivity contribution in [2.24, 2.45) is 0 Å². The lowest BCUT2D eigenvalue weighted by atomic mass is 10.2. The fraction of sp³-hybridized carbons (Fsp3) is 0.389. The van der Waals surface area contributed by atoms with Gasteiger partial charge in [-0.3, -0.25) is 4.79 Å². The zero-order chi connectivity index (χ0) is 18.0. The van der Waals surface area contributed by atoms with Gasteiger partial charge in [-0.15, -0.1) is 0 Å². The second kappa shape index (κ2) is 7.06. The molecule has 1 fully saturated rings. The van der Waals surface area contributed by atoms with Crippen LogP contribution >= 0.6 is 0 Å². The molecule has 132 valence electrons. The molecule has 2 aromatic rings. The Labute approximate surface area is 144 Å². The summed E-state index contributed by atoms with van der Waals surface area (Å²) in [6, 6.07) is 8.26. The Hall–Kier alpha value is -2.67. The Morgan fingerprint density at radius 3 is 2.60 bits per heavy atom. The van der Waals surface area contributed by atoms with Gasteiger partial charge in [-0.2, -0.15) is 0 Å². The summed E-state index contributed by atoms with van der Waals surface area (Å²) in [6.07, 6.45) is -0.146. The summed E-state index contributed by atoms with van der Waals surface area (Å²) in [7, 11) is 0. The van der Waals surface area contributed by atoms with Gasteiger partial charge in [0.05, 0.1) is 12.2 Å². The number of hydrogen-bond acceptors (Lipinski definition) is 6. The minimum Gasteiger partial charge on any atom is -0.452 e. The minimum absolute atomic E-state index is 0.0732. The van der Waals surface area contributed by atoms with Gasteiger partial charge in [0.25, 0.3) is 5.91 Å². The molecule has 1 aliphatic heterocycles. The second-order valence-electron chi connectivity index (χ2n) is 6.12. The van der Waals surface area contributed by atoms with E-state index in [0.717, 1.165) is 0 Å². The van der Waals surface area contributed by atoms with Crippen LogP contribution in [0.4, 0.5) is 0 Å².